The molecule has 1 aliphatic rings. The smallest absolute Gasteiger partial charge is 0.342 e. The van der Waals surface area contributed by atoms with Crippen molar-refractivity contribution < 1.29 is 38.8 Å². The summed E-state index contributed by atoms with van der Waals surface area (Å²) in [5.41, 5.74) is -2.24. The van der Waals surface area contributed by atoms with E-state index in [9.17, 15) is 29.3 Å². The van der Waals surface area contributed by atoms with Gasteiger partial charge >= 0.3 is 5.97 Å². The molecule has 7 nitrogen and oxygen atoms in total. The van der Waals surface area contributed by atoms with Crippen LogP contribution in [0.2, 0.25) is 0 Å². The number of methoxy groups -OCH3 is 1. The van der Waals surface area contributed by atoms with Crippen molar-refractivity contribution in [2.24, 2.45) is 0 Å². The van der Waals surface area contributed by atoms with Crippen molar-refractivity contribution in [2.45, 2.75) is 44.2 Å². The lowest BCUT2D eigenvalue weighted by Gasteiger charge is -2.25. The van der Waals surface area contributed by atoms with Crippen LogP contribution >= 0.6 is 0 Å². The minimum atomic E-state index is -2.24. The SMILES string of the molecule is COc1cc(O)c2c(c1)/C=C/C[C@H](O)[C@H](O)C(=O)/C=C\C(C)(F)C(C)OC2=O. The first-order valence-electron chi connectivity index (χ1n) is 8.63. The Balaban J connectivity index is 2.55. The summed E-state index contributed by atoms with van der Waals surface area (Å²) >= 11 is 0. The Bertz CT molecular complexity index is 813. The fraction of sp³-hybridized carbons (Fsp3) is 0.400. The Kier molecular flexibility index (Phi) is 6.58. The summed E-state index contributed by atoms with van der Waals surface area (Å²) in [6, 6.07) is 2.67. The average Bonchev–Trinajstić information content (AvgIpc) is 2.63. The molecule has 1 aromatic rings. The highest BCUT2D eigenvalue weighted by atomic mass is 19.1. The van der Waals surface area contributed by atoms with Crippen LogP contribution in [-0.2, 0) is 9.53 Å². The normalized spacial score (nSPS) is 31.3. The molecule has 0 amide bonds. The van der Waals surface area contributed by atoms with Gasteiger partial charge in [0.05, 0.1) is 13.2 Å². The summed E-state index contributed by atoms with van der Waals surface area (Å²) in [5.74, 6) is -2.00. The second-order valence-electron chi connectivity index (χ2n) is 6.70. The molecule has 0 saturated carbocycles. The van der Waals surface area contributed by atoms with Gasteiger partial charge < -0.3 is 24.8 Å². The first kappa shape index (κ1) is 21.6. The number of ether oxygens (including phenoxy) is 2. The summed E-state index contributed by atoms with van der Waals surface area (Å²) in [7, 11) is 1.38. The second-order valence-corrected chi connectivity index (χ2v) is 6.70. The number of rotatable bonds is 1. The molecule has 0 radical (unpaired) electrons. The third-order valence-electron chi connectivity index (χ3n) is 4.54. The highest BCUT2D eigenvalue weighted by Gasteiger charge is 2.34. The molecule has 4 atom stereocenters. The molecule has 1 aromatic carbocycles. The molecule has 0 aliphatic carbocycles. The fourth-order valence-corrected chi connectivity index (χ4v) is 2.56. The van der Waals surface area contributed by atoms with Crippen molar-refractivity contribution in [1.82, 2.24) is 0 Å². The molecule has 152 valence electrons. The highest BCUT2D eigenvalue weighted by molar-refractivity contribution is 5.97. The summed E-state index contributed by atoms with van der Waals surface area (Å²) in [4.78, 5) is 24.5. The molecule has 28 heavy (non-hydrogen) atoms. The summed E-state index contributed by atoms with van der Waals surface area (Å²) in [5, 5.41) is 30.1. The van der Waals surface area contributed by atoms with Gasteiger partial charge in [-0.1, -0.05) is 12.2 Å². The number of benzene rings is 1. The molecule has 2 unspecified atom stereocenters. The average molecular weight is 394 g/mol. The van der Waals surface area contributed by atoms with Gasteiger partial charge in [-0.2, -0.15) is 0 Å². The number of carbonyl (C=O) groups excluding carboxylic acids is 2. The van der Waals surface area contributed by atoms with Gasteiger partial charge in [-0.05, 0) is 44.1 Å². The van der Waals surface area contributed by atoms with E-state index < -0.39 is 41.5 Å². The largest absolute Gasteiger partial charge is 0.507 e. The van der Waals surface area contributed by atoms with Crippen molar-refractivity contribution >= 4 is 17.8 Å². The Morgan fingerprint density at radius 3 is 2.57 bits per heavy atom. The fourth-order valence-electron chi connectivity index (χ4n) is 2.56. The van der Waals surface area contributed by atoms with Crippen LogP contribution in [0.5, 0.6) is 11.5 Å². The number of aliphatic hydroxyl groups is 2. The van der Waals surface area contributed by atoms with E-state index >= 15 is 0 Å². The van der Waals surface area contributed by atoms with Gasteiger partial charge in [-0.15, -0.1) is 0 Å². The van der Waals surface area contributed by atoms with Gasteiger partial charge in [0, 0.05) is 6.07 Å². The number of aliphatic hydroxyl groups excluding tert-OH is 2. The number of carbonyl (C=O) groups is 2. The molecule has 1 heterocycles. The van der Waals surface area contributed by atoms with Crippen molar-refractivity contribution in [1.29, 1.82) is 0 Å². The maximum atomic E-state index is 14.8. The maximum absolute atomic E-state index is 14.8. The molecule has 8 heteroatoms. The number of cyclic esters (lactones) is 1. The minimum absolute atomic E-state index is 0.128. The van der Waals surface area contributed by atoms with Crippen molar-refractivity contribution in [3.63, 3.8) is 0 Å². The Hall–Kier alpha value is -2.71. The molecule has 0 spiro atoms. The van der Waals surface area contributed by atoms with Crippen LogP contribution in [0.4, 0.5) is 4.39 Å². The minimum Gasteiger partial charge on any atom is -0.507 e. The van der Waals surface area contributed by atoms with Crippen LogP contribution < -0.4 is 4.74 Å². The Labute approximate surface area is 161 Å². The lowest BCUT2D eigenvalue weighted by molar-refractivity contribution is -0.127. The summed E-state index contributed by atoms with van der Waals surface area (Å²) in [6.45, 7) is 2.39. The molecule has 0 saturated heterocycles. The van der Waals surface area contributed by atoms with E-state index in [1.165, 1.54) is 38.3 Å². The van der Waals surface area contributed by atoms with Crippen LogP contribution in [0.15, 0.2) is 30.4 Å². The third kappa shape index (κ3) is 4.76. The van der Waals surface area contributed by atoms with Crippen molar-refractivity contribution in [3.05, 3.63) is 41.5 Å². The predicted molar refractivity (Wildman–Crippen MR) is 98.9 cm³/mol. The van der Waals surface area contributed by atoms with Gasteiger partial charge in [-0.25, -0.2) is 9.18 Å². The van der Waals surface area contributed by atoms with Gasteiger partial charge in [0.1, 0.15) is 29.3 Å². The van der Waals surface area contributed by atoms with Gasteiger partial charge in [0.25, 0.3) is 0 Å². The van der Waals surface area contributed by atoms with Gasteiger partial charge in [0.15, 0.2) is 11.5 Å². The van der Waals surface area contributed by atoms with E-state index in [0.29, 0.717) is 0 Å². The molecule has 0 aromatic heterocycles. The lowest BCUT2D eigenvalue weighted by Crippen LogP contribution is -2.36. The maximum Gasteiger partial charge on any atom is 0.342 e. The molecular weight excluding hydrogens is 371 g/mol. The number of aromatic hydroxyl groups is 1. The number of hydrogen-bond acceptors (Lipinski definition) is 7. The monoisotopic (exact) mass is 394 g/mol. The molecular formula is C20H23FO7. The number of phenolic OH excluding ortho intramolecular Hbond substituents is 1. The summed E-state index contributed by atoms with van der Waals surface area (Å²) in [6.07, 6.45) is -0.123. The molecule has 0 fully saturated rings. The number of esters is 1. The van der Waals surface area contributed by atoms with Gasteiger partial charge in [0.2, 0.25) is 0 Å². The van der Waals surface area contributed by atoms with E-state index in [2.05, 4.69) is 0 Å². The standard InChI is InChI=1S/C20H23FO7/c1-11-20(2,21)8-7-15(23)18(25)14(22)6-4-5-12-9-13(27-3)10-16(24)17(12)19(26)28-11/h4-5,7-11,14,18,22,24-25H,6H2,1-3H3/b5-4+,8-7-/t11?,14-,18-,20?/m0/s1. The zero-order chi connectivity index (χ0) is 21.1. The quantitative estimate of drug-likeness (QED) is 0.624. The van der Waals surface area contributed by atoms with Crippen molar-refractivity contribution in [3.8, 4) is 11.5 Å². The molecule has 2 rings (SSSR count). The van der Waals surface area contributed by atoms with E-state index in [1.807, 2.05) is 0 Å². The molecule has 1 aliphatic heterocycles. The first-order chi connectivity index (χ1) is 13.1. The predicted octanol–water partition coefficient (Wildman–Crippen LogP) is 1.94. The topological polar surface area (TPSA) is 113 Å². The number of fused-ring (bicyclic) bond motifs is 1. The van der Waals surface area contributed by atoms with Crippen LogP contribution in [0, 0.1) is 0 Å². The number of alkyl halides is 1. The zero-order valence-electron chi connectivity index (χ0n) is 15.8. The highest BCUT2D eigenvalue weighted by Crippen LogP contribution is 2.31. The number of hydrogen-bond donors (Lipinski definition) is 3. The number of ketones is 1. The third-order valence-corrected chi connectivity index (χ3v) is 4.54. The van der Waals surface area contributed by atoms with Crippen LogP contribution in [0.3, 0.4) is 0 Å². The first-order valence-corrected chi connectivity index (χ1v) is 8.63. The van der Waals surface area contributed by atoms with E-state index in [0.717, 1.165) is 19.1 Å². The Morgan fingerprint density at radius 1 is 1.25 bits per heavy atom. The Morgan fingerprint density at radius 2 is 1.93 bits per heavy atom. The van der Waals surface area contributed by atoms with Crippen LogP contribution in [0.1, 0.15) is 36.2 Å². The number of phenols is 1. The van der Waals surface area contributed by atoms with E-state index in [4.69, 9.17) is 9.47 Å². The number of halogens is 1. The molecule has 0 bridgehead atoms. The van der Waals surface area contributed by atoms with Gasteiger partial charge in [-0.3, -0.25) is 4.79 Å². The van der Waals surface area contributed by atoms with Crippen LogP contribution in [-0.4, -0.2) is 58.2 Å². The van der Waals surface area contributed by atoms with E-state index in [-0.39, 0.29) is 23.3 Å². The second kappa shape index (κ2) is 8.53. The zero-order valence-corrected chi connectivity index (χ0v) is 15.8. The van der Waals surface area contributed by atoms with E-state index in [1.54, 1.807) is 0 Å². The lowest BCUT2D eigenvalue weighted by atomic mass is 9.98. The molecule has 3 N–H and O–H groups in total. The van der Waals surface area contributed by atoms with Crippen molar-refractivity contribution in [2.75, 3.05) is 7.11 Å². The summed E-state index contributed by atoms with van der Waals surface area (Å²) < 4.78 is 25.1. The van der Waals surface area contributed by atoms with Crippen LogP contribution in [0.25, 0.3) is 6.08 Å².